The van der Waals surface area contributed by atoms with Crippen LogP contribution < -0.4 is 5.32 Å². The van der Waals surface area contributed by atoms with Crippen LogP contribution in [0.3, 0.4) is 0 Å². The van der Waals surface area contributed by atoms with Crippen LogP contribution in [-0.4, -0.2) is 30.6 Å². The molecule has 1 saturated heterocycles. The standard InChI is InChI=1S/C18H22FNO2.ClH/c19-17-3-1-2-16(12-17)15-4-8-18(21,9-5-15)22-13-14-6-10-20-11-7-14;/h1-5,8,12,14,20-21H,6-7,9-11,13H2;1H. The van der Waals surface area contributed by atoms with Gasteiger partial charge in [-0.3, -0.25) is 0 Å². The van der Waals surface area contributed by atoms with Gasteiger partial charge in [0, 0.05) is 6.42 Å². The molecule has 0 bridgehead atoms. The Morgan fingerprint density at radius 1 is 1.30 bits per heavy atom. The molecule has 126 valence electrons. The molecule has 2 aliphatic rings. The van der Waals surface area contributed by atoms with Crippen LogP contribution in [0, 0.1) is 11.7 Å². The Balaban J connectivity index is 0.00000192. The molecule has 1 heterocycles. The summed E-state index contributed by atoms with van der Waals surface area (Å²) in [7, 11) is 0. The molecule has 1 aliphatic heterocycles. The zero-order chi connectivity index (χ0) is 15.4. The number of allylic oxidation sites excluding steroid dienone is 2. The van der Waals surface area contributed by atoms with Crippen LogP contribution in [-0.2, 0) is 4.74 Å². The van der Waals surface area contributed by atoms with Crippen molar-refractivity contribution >= 4 is 18.0 Å². The summed E-state index contributed by atoms with van der Waals surface area (Å²) < 4.78 is 19.0. The maximum Gasteiger partial charge on any atom is 0.189 e. The number of hydrogen-bond acceptors (Lipinski definition) is 3. The second kappa shape index (κ2) is 8.06. The largest absolute Gasteiger partial charge is 0.362 e. The SMILES string of the molecule is Cl.OC1(OCC2CCNCC2)C=CC(c2cccc(F)c2)=CC1. The van der Waals surface area contributed by atoms with Crippen molar-refractivity contribution in [3.63, 3.8) is 0 Å². The van der Waals surface area contributed by atoms with E-state index in [0.29, 0.717) is 18.9 Å². The van der Waals surface area contributed by atoms with E-state index in [9.17, 15) is 9.50 Å². The van der Waals surface area contributed by atoms with Gasteiger partial charge >= 0.3 is 0 Å². The van der Waals surface area contributed by atoms with E-state index in [4.69, 9.17) is 4.74 Å². The van der Waals surface area contributed by atoms with Gasteiger partial charge in [-0.05, 0) is 61.2 Å². The van der Waals surface area contributed by atoms with Gasteiger partial charge in [-0.15, -0.1) is 12.4 Å². The molecule has 1 aliphatic carbocycles. The van der Waals surface area contributed by atoms with E-state index >= 15 is 0 Å². The lowest BCUT2D eigenvalue weighted by molar-refractivity contribution is -0.173. The Labute approximate surface area is 142 Å². The molecule has 3 nitrogen and oxygen atoms in total. The van der Waals surface area contributed by atoms with Gasteiger partial charge in [0.05, 0.1) is 6.61 Å². The summed E-state index contributed by atoms with van der Waals surface area (Å²) in [6.07, 6.45) is 7.95. The van der Waals surface area contributed by atoms with Crippen molar-refractivity contribution in [3.8, 4) is 0 Å². The Morgan fingerprint density at radius 2 is 2.09 bits per heavy atom. The maximum atomic E-state index is 13.3. The predicted octanol–water partition coefficient (Wildman–Crippen LogP) is 3.30. The van der Waals surface area contributed by atoms with Crippen LogP contribution in [0.15, 0.2) is 42.5 Å². The first-order valence-corrected chi connectivity index (χ1v) is 7.87. The number of ether oxygens (including phenoxy) is 1. The number of rotatable bonds is 4. The minimum atomic E-state index is -1.23. The number of halogens is 2. The van der Waals surface area contributed by atoms with E-state index in [1.165, 1.54) is 12.1 Å². The van der Waals surface area contributed by atoms with Crippen molar-refractivity contribution in [1.82, 2.24) is 5.32 Å². The van der Waals surface area contributed by atoms with Crippen molar-refractivity contribution in [2.75, 3.05) is 19.7 Å². The Kier molecular flexibility index (Phi) is 6.36. The quantitative estimate of drug-likeness (QED) is 0.827. The lowest BCUT2D eigenvalue weighted by Crippen LogP contribution is -2.36. The summed E-state index contributed by atoms with van der Waals surface area (Å²) in [4.78, 5) is 0. The molecule has 1 aromatic carbocycles. The van der Waals surface area contributed by atoms with Crippen molar-refractivity contribution < 1.29 is 14.2 Å². The minimum Gasteiger partial charge on any atom is -0.362 e. The van der Waals surface area contributed by atoms with Gasteiger partial charge in [0.1, 0.15) is 5.82 Å². The van der Waals surface area contributed by atoms with E-state index in [0.717, 1.165) is 37.1 Å². The van der Waals surface area contributed by atoms with Crippen molar-refractivity contribution in [2.45, 2.75) is 25.0 Å². The zero-order valence-electron chi connectivity index (χ0n) is 13.0. The highest BCUT2D eigenvalue weighted by atomic mass is 35.5. The molecule has 1 atom stereocenters. The van der Waals surface area contributed by atoms with E-state index in [-0.39, 0.29) is 18.2 Å². The van der Waals surface area contributed by atoms with Gasteiger partial charge in [0.25, 0.3) is 0 Å². The lowest BCUT2D eigenvalue weighted by Gasteiger charge is -2.30. The number of benzene rings is 1. The molecule has 1 fully saturated rings. The third-order valence-corrected chi connectivity index (χ3v) is 4.32. The summed E-state index contributed by atoms with van der Waals surface area (Å²) in [5.41, 5.74) is 1.73. The molecule has 0 amide bonds. The van der Waals surface area contributed by atoms with Gasteiger partial charge in [-0.25, -0.2) is 4.39 Å². The van der Waals surface area contributed by atoms with Crippen LogP contribution in [0.25, 0.3) is 5.57 Å². The highest BCUT2D eigenvalue weighted by Crippen LogP contribution is 2.29. The first-order valence-electron chi connectivity index (χ1n) is 7.87. The maximum absolute atomic E-state index is 13.3. The molecule has 0 saturated carbocycles. The van der Waals surface area contributed by atoms with Crippen molar-refractivity contribution in [1.29, 1.82) is 0 Å². The average Bonchev–Trinajstić information content (AvgIpc) is 2.55. The molecular weight excluding hydrogens is 317 g/mol. The van der Waals surface area contributed by atoms with Crippen molar-refractivity contribution in [2.24, 2.45) is 5.92 Å². The molecule has 0 aromatic heterocycles. The molecule has 3 rings (SSSR count). The molecule has 1 unspecified atom stereocenters. The average molecular weight is 340 g/mol. The Bertz CT molecular complexity index is 584. The monoisotopic (exact) mass is 339 g/mol. The molecule has 23 heavy (non-hydrogen) atoms. The highest BCUT2D eigenvalue weighted by molar-refractivity contribution is 5.85. The van der Waals surface area contributed by atoms with Crippen LogP contribution in [0.1, 0.15) is 24.8 Å². The van der Waals surface area contributed by atoms with Gasteiger partial charge in [0.2, 0.25) is 0 Å². The topological polar surface area (TPSA) is 41.5 Å². The number of hydrogen-bond donors (Lipinski definition) is 2. The van der Waals surface area contributed by atoms with E-state index in [2.05, 4.69) is 5.32 Å². The van der Waals surface area contributed by atoms with Crippen LogP contribution >= 0.6 is 12.4 Å². The fourth-order valence-corrected chi connectivity index (χ4v) is 2.91. The first kappa shape index (κ1) is 18.1. The van der Waals surface area contributed by atoms with E-state index < -0.39 is 5.79 Å². The molecule has 1 aromatic rings. The molecule has 5 heteroatoms. The fourth-order valence-electron chi connectivity index (χ4n) is 2.91. The van der Waals surface area contributed by atoms with Gasteiger partial charge in [-0.2, -0.15) is 0 Å². The smallest absolute Gasteiger partial charge is 0.189 e. The third kappa shape index (κ3) is 4.88. The third-order valence-electron chi connectivity index (χ3n) is 4.32. The second-order valence-corrected chi connectivity index (χ2v) is 6.06. The zero-order valence-corrected chi connectivity index (χ0v) is 13.8. The van der Waals surface area contributed by atoms with Gasteiger partial charge in [0.15, 0.2) is 5.79 Å². The van der Waals surface area contributed by atoms with Crippen LogP contribution in [0.2, 0.25) is 0 Å². The number of nitrogens with one attached hydrogen (secondary N) is 1. The lowest BCUT2D eigenvalue weighted by atomic mass is 9.95. The summed E-state index contributed by atoms with van der Waals surface area (Å²) in [5.74, 6) is -0.983. The van der Waals surface area contributed by atoms with Crippen LogP contribution in [0.4, 0.5) is 4.39 Å². The molecule has 2 N–H and O–H groups in total. The Hall–Kier alpha value is -1.20. The summed E-state index contributed by atoms with van der Waals surface area (Å²) in [6.45, 7) is 2.61. The predicted molar refractivity (Wildman–Crippen MR) is 91.9 cm³/mol. The number of piperidine rings is 1. The fraction of sp³-hybridized carbons (Fsp3) is 0.444. The second-order valence-electron chi connectivity index (χ2n) is 6.06. The molecule has 0 radical (unpaired) electrons. The van der Waals surface area contributed by atoms with Crippen molar-refractivity contribution in [3.05, 3.63) is 53.9 Å². The summed E-state index contributed by atoms with van der Waals surface area (Å²) >= 11 is 0. The first-order chi connectivity index (χ1) is 10.6. The van der Waals surface area contributed by atoms with Gasteiger partial charge < -0.3 is 15.2 Å². The summed E-state index contributed by atoms with van der Waals surface area (Å²) in [6, 6.07) is 6.47. The molecular formula is C18H23ClFNO2. The van der Waals surface area contributed by atoms with Gasteiger partial charge in [-0.1, -0.05) is 24.3 Å². The Morgan fingerprint density at radius 3 is 2.74 bits per heavy atom. The minimum absolute atomic E-state index is 0. The van der Waals surface area contributed by atoms with E-state index in [1.807, 2.05) is 12.1 Å². The van der Waals surface area contributed by atoms with E-state index in [1.54, 1.807) is 18.2 Å². The highest BCUT2D eigenvalue weighted by Gasteiger charge is 2.27. The summed E-state index contributed by atoms with van der Waals surface area (Å²) in [5, 5.41) is 13.8. The van der Waals surface area contributed by atoms with Crippen LogP contribution in [0.5, 0.6) is 0 Å². The number of aliphatic hydroxyl groups is 1. The molecule has 0 spiro atoms. The normalized spacial score (nSPS) is 24.9.